The van der Waals surface area contributed by atoms with E-state index in [4.69, 9.17) is 5.11 Å². The van der Waals surface area contributed by atoms with Crippen LogP contribution in [0.3, 0.4) is 0 Å². The molecule has 0 fully saturated rings. The summed E-state index contributed by atoms with van der Waals surface area (Å²) in [6, 6.07) is 0. The standard InChI is InChI=1S/C6H10O3/c1-5(8-2)4-6(7)9-3/h4,7H,1H2,2-3H3. The minimum atomic E-state index is -0.207. The van der Waals surface area contributed by atoms with E-state index in [0.29, 0.717) is 5.76 Å². The van der Waals surface area contributed by atoms with Crippen LogP contribution in [0.4, 0.5) is 0 Å². The van der Waals surface area contributed by atoms with Gasteiger partial charge in [0.15, 0.2) is 0 Å². The average molecular weight is 130 g/mol. The molecule has 0 unspecified atom stereocenters. The highest BCUT2D eigenvalue weighted by Gasteiger charge is 1.89. The number of hydrogen-bond donors (Lipinski definition) is 1. The summed E-state index contributed by atoms with van der Waals surface area (Å²) in [6.45, 7) is 3.42. The van der Waals surface area contributed by atoms with Gasteiger partial charge in [0, 0.05) is 0 Å². The lowest BCUT2D eigenvalue weighted by molar-refractivity contribution is 0.133. The molecule has 0 aliphatic carbocycles. The molecule has 0 saturated heterocycles. The van der Waals surface area contributed by atoms with Crippen molar-refractivity contribution in [1.29, 1.82) is 0 Å². The molecule has 0 aromatic heterocycles. The summed E-state index contributed by atoms with van der Waals surface area (Å²) >= 11 is 0. The third-order valence-corrected chi connectivity index (χ3v) is 0.756. The number of rotatable bonds is 3. The number of methoxy groups -OCH3 is 2. The molecule has 0 bridgehead atoms. The summed E-state index contributed by atoms with van der Waals surface area (Å²) < 4.78 is 9.01. The first-order valence-corrected chi connectivity index (χ1v) is 2.38. The second-order valence-electron chi connectivity index (χ2n) is 1.36. The summed E-state index contributed by atoms with van der Waals surface area (Å²) in [5.41, 5.74) is 0. The average Bonchev–Trinajstić information content (AvgIpc) is 1.87. The van der Waals surface area contributed by atoms with Crippen molar-refractivity contribution >= 4 is 0 Å². The number of ether oxygens (including phenoxy) is 2. The molecule has 3 heteroatoms. The van der Waals surface area contributed by atoms with E-state index in [1.54, 1.807) is 0 Å². The van der Waals surface area contributed by atoms with Gasteiger partial charge in [-0.05, 0) is 0 Å². The van der Waals surface area contributed by atoms with E-state index in [1.807, 2.05) is 0 Å². The fourth-order valence-corrected chi connectivity index (χ4v) is 0.256. The Bertz CT molecular complexity index is 126. The van der Waals surface area contributed by atoms with Gasteiger partial charge < -0.3 is 14.6 Å². The highest BCUT2D eigenvalue weighted by molar-refractivity contribution is 5.06. The Hall–Kier alpha value is -1.12. The molecule has 0 atom stereocenters. The third-order valence-electron chi connectivity index (χ3n) is 0.756. The highest BCUT2D eigenvalue weighted by atomic mass is 16.6. The first-order chi connectivity index (χ1) is 4.20. The molecule has 0 aromatic carbocycles. The second kappa shape index (κ2) is 3.83. The molecule has 52 valence electrons. The maximum Gasteiger partial charge on any atom is 0.280 e. The summed E-state index contributed by atoms with van der Waals surface area (Å²) in [6.07, 6.45) is 1.28. The highest BCUT2D eigenvalue weighted by Crippen LogP contribution is 1.97. The lowest BCUT2D eigenvalue weighted by Crippen LogP contribution is -1.86. The molecular formula is C6H10O3. The predicted octanol–water partition coefficient (Wildman–Crippen LogP) is 1.19. The van der Waals surface area contributed by atoms with Crippen molar-refractivity contribution in [1.82, 2.24) is 0 Å². The second-order valence-corrected chi connectivity index (χ2v) is 1.36. The van der Waals surface area contributed by atoms with Crippen LogP contribution in [0.1, 0.15) is 0 Å². The Kier molecular flexibility index (Phi) is 3.35. The SMILES string of the molecule is C=C(C=C(O)OC)OC. The van der Waals surface area contributed by atoms with Gasteiger partial charge in [0.1, 0.15) is 5.76 Å². The topological polar surface area (TPSA) is 38.7 Å². The van der Waals surface area contributed by atoms with Crippen LogP contribution < -0.4 is 0 Å². The van der Waals surface area contributed by atoms with Gasteiger partial charge >= 0.3 is 0 Å². The van der Waals surface area contributed by atoms with Gasteiger partial charge in [-0.3, -0.25) is 0 Å². The predicted molar refractivity (Wildman–Crippen MR) is 33.9 cm³/mol. The van der Waals surface area contributed by atoms with Gasteiger partial charge in [-0.1, -0.05) is 6.58 Å². The first-order valence-electron chi connectivity index (χ1n) is 2.38. The van der Waals surface area contributed by atoms with E-state index in [9.17, 15) is 0 Å². The van der Waals surface area contributed by atoms with Gasteiger partial charge in [0.05, 0.1) is 20.3 Å². The summed E-state index contributed by atoms with van der Waals surface area (Å²) in [5, 5.41) is 8.66. The van der Waals surface area contributed by atoms with Crippen molar-refractivity contribution in [3.05, 3.63) is 24.4 Å². The zero-order chi connectivity index (χ0) is 7.28. The van der Waals surface area contributed by atoms with E-state index in [-0.39, 0.29) is 5.95 Å². The smallest absolute Gasteiger partial charge is 0.280 e. The Balaban J connectivity index is 3.79. The maximum absolute atomic E-state index is 8.66. The van der Waals surface area contributed by atoms with Gasteiger partial charge in [0.2, 0.25) is 0 Å². The Morgan fingerprint density at radius 3 is 2.33 bits per heavy atom. The number of hydrogen-bond acceptors (Lipinski definition) is 3. The summed E-state index contributed by atoms with van der Waals surface area (Å²) in [5.74, 6) is 0.149. The zero-order valence-corrected chi connectivity index (χ0v) is 5.55. The van der Waals surface area contributed by atoms with Crippen molar-refractivity contribution in [2.24, 2.45) is 0 Å². The molecule has 0 aromatic rings. The molecule has 0 heterocycles. The lowest BCUT2D eigenvalue weighted by atomic mass is 10.5. The van der Waals surface area contributed by atoms with Crippen LogP contribution in [0.2, 0.25) is 0 Å². The van der Waals surface area contributed by atoms with E-state index in [2.05, 4.69) is 16.1 Å². The van der Waals surface area contributed by atoms with Gasteiger partial charge in [-0.25, -0.2) is 0 Å². The van der Waals surface area contributed by atoms with Gasteiger partial charge in [-0.15, -0.1) is 0 Å². The van der Waals surface area contributed by atoms with Crippen LogP contribution in [-0.2, 0) is 9.47 Å². The minimum Gasteiger partial charge on any atom is -0.497 e. The molecule has 0 radical (unpaired) electrons. The zero-order valence-electron chi connectivity index (χ0n) is 5.55. The van der Waals surface area contributed by atoms with Crippen molar-refractivity contribution < 1.29 is 14.6 Å². The minimum absolute atomic E-state index is 0.207. The molecule has 0 saturated carbocycles. The van der Waals surface area contributed by atoms with Crippen molar-refractivity contribution in [2.45, 2.75) is 0 Å². The molecule has 0 rings (SSSR count). The van der Waals surface area contributed by atoms with Crippen LogP contribution in [0.15, 0.2) is 24.4 Å². The fourth-order valence-electron chi connectivity index (χ4n) is 0.256. The Labute approximate surface area is 54.2 Å². The fraction of sp³-hybridized carbons (Fsp3) is 0.333. The summed E-state index contributed by atoms with van der Waals surface area (Å²) in [7, 11) is 2.82. The molecule has 0 amide bonds. The van der Waals surface area contributed by atoms with Crippen molar-refractivity contribution in [3.63, 3.8) is 0 Å². The quantitative estimate of drug-likeness (QED) is 0.460. The lowest BCUT2D eigenvalue weighted by Gasteiger charge is -1.97. The van der Waals surface area contributed by atoms with E-state index >= 15 is 0 Å². The van der Waals surface area contributed by atoms with Crippen LogP contribution >= 0.6 is 0 Å². The molecule has 1 N–H and O–H groups in total. The van der Waals surface area contributed by atoms with Gasteiger partial charge in [0.25, 0.3) is 5.95 Å². The molecule has 3 nitrogen and oxygen atoms in total. The number of aliphatic hydroxyl groups excluding tert-OH is 1. The summed E-state index contributed by atoms with van der Waals surface area (Å²) in [4.78, 5) is 0. The Morgan fingerprint density at radius 1 is 1.44 bits per heavy atom. The molecular weight excluding hydrogens is 120 g/mol. The molecule has 0 aliphatic rings. The number of aliphatic hydroxyl groups is 1. The largest absolute Gasteiger partial charge is 0.497 e. The van der Waals surface area contributed by atoms with Gasteiger partial charge in [-0.2, -0.15) is 0 Å². The van der Waals surface area contributed by atoms with Crippen molar-refractivity contribution in [2.75, 3.05) is 14.2 Å². The molecule has 0 spiro atoms. The van der Waals surface area contributed by atoms with Crippen LogP contribution in [0.5, 0.6) is 0 Å². The van der Waals surface area contributed by atoms with E-state index < -0.39 is 0 Å². The van der Waals surface area contributed by atoms with E-state index in [1.165, 1.54) is 20.3 Å². The normalized spacial score (nSPS) is 10.7. The van der Waals surface area contributed by atoms with E-state index in [0.717, 1.165) is 0 Å². The van der Waals surface area contributed by atoms with Crippen molar-refractivity contribution in [3.8, 4) is 0 Å². The third kappa shape index (κ3) is 3.46. The maximum atomic E-state index is 8.66. The van der Waals surface area contributed by atoms with Crippen LogP contribution in [0, 0.1) is 0 Å². The van der Waals surface area contributed by atoms with Crippen LogP contribution in [0.25, 0.3) is 0 Å². The first kappa shape index (κ1) is 7.88. The Morgan fingerprint density at radius 2 is 2.00 bits per heavy atom. The molecule has 9 heavy (non-hydrogen) atoms. The number of allylic oxidation sites excluding steroid dienone is 1. The monoisotopic (exact) mass is 130 g/mol. The molecule has 0 aliphatic heterocycles. The van der Waals surface area contributed by atoms with Crippen LogP contribution in [-0.4, -0.2) is 19.3 Å².